The molecule has 0 atom stereocenters. The Morgan fingerprint density at radius 3 is 1.40 bits per heavy atom. The SMILES string of the molecule is Cc1cc2c(-c3ccccc3)cccc2[cH-]1.[Si]=[Zr].[c-]1ccccc1.[c-]1ccccc1.c1ccc2c(c1)[cH-]c1ccccc12. The Balaban J connectivity index is 0.000000139. The molecule has 0 nitrogen and oxygen atoms in total. The maximum atomic E-state index is 3.06. The van der Waals surface area contributed by atoms with Gasteiger partial charge in [0.1, 0.15) is 0 Å². The molecule has 0 aliphatic heterocycles. The third kappa shape index (κ3) is 9.45. The number of fused-ring (bicyclic) bond motifs is 4. The minimum Gasteiger partial charge on any atom is -0.184 e. The second kappa shape index (κ2) is 17.8. The Morgan fingerprint density at radius 1 is 0.465 bits per heavy atom. The van der Waals surface area contributed by atoms with Crippen LogP contribution < -0.4 is 0 Å². The van der Waals surface area contributed by atoms with E-state index >= 15 is 0 Å². The van der Waals surface area contributed by atoms with E-state index < -0.39 is 0 Å². The zero-order chi connectivity index (χ0) is 30.1. The molecule has 0 aliphatic rings. The molecule has 2 heteroatoms. The fourth-order valence-electron chi connectivity index (χ4n) is 4.84. The largest absolute Gasteiger partial charge is 0.184 e. The maximum absolute atomic E-state index is 3.06. The van der Waals surface area contributed by atoms with Crippen LogP contribution in [0.5, 0.6) is 0 Å². The van der Waals surface area contributed by atoms with Gasteiger partial charge in [0.25, 0.3) is 0 Å². The molecule has 0 heterocycles. The van der Waals surface area contributed by atoms with Crippen molar-refractivity contribution >= 4 is 39.2 Å². The Kier molecular flexibility index (Phi) is 13.1. The van der Waals surface area contributed by atoms with Crippen LogP contribution in [0.25, 0.3) is 43.4 Å². The second-order valence-electron chi connectivity index (χ2n) is 9.68. The van der Waals surface area contributed by atoms with Gasteiger partial charge in [-0.15, -0.1) is 74.3 Å². The van der Waals surface area contributed by atoms with E-state index in [-0.39, 0.29) is 0 Å². The van der Waals surface area contributed by atoms with E-state index in [1.165, 1.54) is 72.3 Å². The van der Waals surface area contributed by atoms with E-state index in [4.69, 9.17) is 0 Å². The second-order valence-corrected chi connectivity index (χ2v) is 9.68. The molecule has 0 spiro atoms. The van der Waals surface area contributed by atoms with Crippen molar-refractivity contribution in [3.05, 3.63) is 194 Å². The van der Waals surface area contributed by atoms with Gasteiger partial charge >= 0.3 is 30.2 Å². The van der Waals surface area contributed by atoms with Crippen molar-refractivity contribution in [1.29, 1.82) is 0 Å². The predicted octanol–water partition coefficient (Wildman–Crippen LogP) is 10.8. The summed E-state index contributed by atoms with van der Waals surface area (Å²) < 4.78 is 0. The third-order valence-corrected chi connectivity index (χ3v) is 6.72. The smallest absolute Gasteiger partial charge is 0.0771 e. The summed E-state index contributed by atoms with van der Waals surface area (Å²) in [6.45, 7) is 5.21. The van der Waals surface area contributed by atoms with Crippen LogP contribution in [-0.2, 0) is 23.3 Å². The van der Waals surface area contributed by atoms with Gasteiger partial charge in [-0.1, -0.05) is 85.3 Å². The van der Waals surface area contributed by atoms with Crippen molar-refractivity contribution in [1.82, 2.24) is 0 Å². The van der Waals surface area contributed by atoms with Crippen LogP contribution in [0.15, 0.2) is 176 Å². The van der Waals surface area contributed by atoms with Crippen molar-refractivity contribution in [3.63, 3.8) is 0 Å². The molecular formula is C41H32SiZr-4. The van der Waals surface area contributed by atoms with Crippen molar-refractivity contribution < 1.29 is 23.3 Å². The Bertz CT molecular complexity index is 1770. The standard InChI is InChI=1S/C16H13.C13H9.2C6H5.Si.Zr/c1-12-10-14-8-5-9-15(16(14)11-12)13-6-3-2-4-7-13;1-3-7-12-10(5-1)9-11-6-2-4-8-13(11)12;2*1-2-4-6-5-3-1;;/h2-11H,1H3;1-9H;2*1-5H;;/q4*-1;;. The van der Waals surface area contributed by atoms with Gasteiger partial charge in [-0.3, -0.25) is 0 Å². The predicted molar refractivity (Wildman–Crippen MR) is 183 cm³/mol. The van der Waals surface area contributed by atoms with Crippen molar-refractivity contribution in [2.75, 3.05) is 0 Å². The van der Waals surface area contributed by atoms with Gasteiger partial charge in [0.05, 0.1) is 0 Å². The minimum absolute atomic E-state index is 1.29. The van der Waals surface area contributed by atoms with Gasteiger partial charge in [0, 0.05) is 0 Å². The van der Waals surface area contributed by atoms with Gasteiger partial charge in [-0.05, 0) is 5.56 Å². The molecule has 8 rings (SSSR count). The molecule has 0 saturated heterocycles. The van der Waals surface area contributed by atoms with E-state index in [1.54, 1.807) is 0 Å². The molecule has 2 radical (unpaired) electrons. The summed E-state index contributed by atoms with van der Waals surface area (Å²) in [6, 6.07) is 65.8. The average Bonchev–Trinajstić information content (AvgIpc) is 3.68. The number of aryl methyl sites for hydroxylation is 1. The molecule has 0 unspecified atom stereocenters. The molecule has 8 aromatic carbocycles. The summed E-state index contributed by atoms with van der Waals surface area (Å²) in [5.41, 5.74) is 3.95. The van der Waals surface area contributed by atoms with Crippen LogP contribution in [0.4, 0.5) is 0 Å². The van der Waals surface area contributed by atoms with Crippen molar-refractivity contribution in [2.24, 2.45) is 0 Å². The fraction of sp³-hybridized carbons (Fsp3) is 0.0244. The van der Waals surface area contributed by atoms with Crippen LogP contribution in [-0.4, -0.2) is 6.88 Å². The van der Waals surface area contributed by atoms with Gasteiger partial charge in [-0.25, -0.2) is 0 Å². The van der Waals surface area contributed by atoms with Crippen molar-refractivity contribution in [2.45, 2.75) is 6.92 Å². The Morgan fingerprint density at radius 2 is 0.907 bits per heavy atom. The quantitative estimate of drug-likeness (QED) is 0.123. The number of hydrogen-bond donors (Lipinski definition) is 0. The molecule has 8 aromatic rings. The molecular weight excluding hydrogens is 612 g/mol. The van der Waals surface area contributed by atoms with Crippen LogP contribution in [0, 0.1) is 19.1 Å². The van der Waals surface area contributed by atoms with Gasteiger partial charge in [0.15, 0.2) is 0 Å². The molecule has 0 amide bonds. The molecule has 0 fully saturated rings. The van der Waals surface area contributed by atoms with Crippen LogP contribution in [0.3, 0.4) is 0 Å². The van der Waals surface area contributed by atoms with Gasteiger partial charge in [0.2, 0.25) is 0 Å². The van der Waals surface area contributed by atoms with E-state index in [0.717, 1.165) is 0 Å². The summed E-state index contributed by atoms with van der Waals surface area (Å²) in [4.78, 5) is 0. The normalized spacial score (nSPS) is 9.67. The first-order chi connectivity index (χ1) is 21.3. The fourth-order valence-corrected chi connectivity index (χ4v) is 4.84. The topological polar surface area (TPSA) is 0 Å². The molecule has 0 aliphatic carbocycles. The van der Waals surface area contributed by atoms with Crippen molar-refractivity contribution in [3.8, 4) is 11.1 Å². The zero-order valence-corrected chi connectivity index (χ0v) is 27.7. The first-order valence-electron chi connectivity index (χ1n) is 14.1. The van der Waals surface area contributed by atoms with Crippen LogP contribution >= 0.6 is 0 Å². The van der Waals surface area contributed by atoms with Gasteiger partial charge in [-0.2, -0.15) is 78.9 Å². The number of rotatable bonds is 1. The molecule has 43 heavy (non-hydrogen) atoms. The molecule has 0 bridgehead atoms. The van der Waals surface area contributed by atoms with E-state index in [2.05, 4.69) is 141 Å². The summed E-state index contributed by atoms with van der Waals surface area (Å²) in [7, 11) is 0. The monoisotopic (exact) mass is 642 g/mol. The van der Waals surface area contributed by atoms with E-state index in [9.17, 15) is 0 Å². The number of hydrogen-bond acceptors (Lipinski definition) is 0. The molecule has 0 aromatic heterocycles. The first-order valence-corrected chi connectivity index (χ1v) is 18.3. The summed E-state index contributed by atoms with van der Waals surface area (Å²) in [6.07, 6.45) is 0. The summed E-state index contributed by atoms with van der Waals surface area (Å²) in [5.74, 6) is 0. The molecule has 0 saturated carbocycles. The van der Waals surface area contributed by atoms with E-state index in [0.29, 0.717) is 0 Å². The third-order valence-electron chi connectivity index (χ3n) is 6.72. The summed E-state index contributed by atoms with van der Waals surface area (Å²) >= 11 is 1.36. The average molecular weight is 644 g/mol. The zero-order valence-electron chi connectivity index (χ0n) is 24.2. The van der Waals surface area contributed by atoms with Crippen LogP contribution in [0.1, 0.15) is 5.56 Å². The minimum atomic E-state index is 1.29. The Hall–Kier alpha value is -4.10. The summed E-state index contributed by atoms with van der Waals surface area (Å²) in [5, 5.41) is 8.08. The Labute approximate surface area is 272 Å². The molecule has 208 valence electrons. The first kappa shape index (κ1) is 31.8. The van der Waals surface area contributed by atoms with Crippen LogP contribution in [0.2, 0.25) is 0 Å². The van der Waals surface area contributed by atoms with Gasteiger partial charge < -0.3 is 0 Å². The van der Waals surface area contributed by atoms with E-state index in [1.807, 2.05) is 60.7 Å². The number of benzene rings is 6. The maximum Gasteiger partial charge on any atom is -0.0771 e. The molecule has 0 N–H and O–H groups in total.